The molecule has 1 aromatic carbocycles. The molecular weight excluding hydrogens is 319 g/mol. The number of benzene rings is 1. The number of halogens is 1. The molecule has 5 nitrogen and oxygen atoms in total. The molecular formula is C19H23FN4O. The van der Waals surface area contributed by atoms with Gasteiger partial charge in [0.1, 0.15) is 11.6 Å². The second-order valence-corrected chi connectivity index (χ2v) is 6.14. The van der Waals surface area contributed by atoms with Gasteiger partial charge in [-0.1, -0.05) is 18.2 Å². The smallest absolute Gasteiger partial charge is 0.255 e. The van der Waals surface area contributed by atoms with E-state index in [1.54, 1.807) is 37.5 Å². The maximum absolute atomic E-state index is 14.3. The maximum Gasteiger partial charge on any atom is 0.255 e. The number of anilines is 1. The molecule has 1 fully saturated rings. The summed E-state index contributed by atoms with van der Waals surface area (Å²) < 4.78 is 14.3. The summed E-state index contributed by atoms with van der Waals surface area (Å²) >= 11 is 0. The van der Waals surface area contributed by atoms with Crippen LogP contribution < -0.4 is 10.6 Å². The number of nitrogens with one attached hydrogen (secondary N) is 2. The van der Waals surface area contributed by atoms with Crippen LogP contribution in [0.1, 0.15) is 34.8 Å². The van der Waals surface area contributed by atoms with Gasteiger partial charge in [0, 0.05) is 25.4 Å². The number of hydrogen-bond acceptors (Lipinski definition) is 4. The number of amides is 1. The number of nitrogens with zero attached hydrogens (tertiary/aromatic N) is 2. The number of carbonyl (C=O) groups excluding carboxylic acids is 1. The van der Waals surface area contributed by atoms with E-state index >= 15 is 0 Å². The van der Waals surface area contributed by atoms with Crippen LogP contribution in [0, 0.1) is 5.82 Å². The first-order valence-electron chi connectivity index (χ1n) is 8.60. The zero-order chi connectivity index (χ0) is 17.6. The normalized spacial score (nSPS) is 15.8. The Labute approximate surface area is 147 Å². The topological polar surface area (TPSA) is 57.3 Å². The van der Waals surface area contributed by atoms with E-state index in [0.29, 0.717) is 23.5 Å². The molecule has 0 saturated carbocycles. The van der Waals surface area contributed by atoms with Gasteiger partial charge in [0.25, 0.3) is 5.91 Å². The lowest BCUT2D eigenvalue weighted by atomic mass is 10.0. The molecule has 2 N–H and O–H groups in total. The zero-order valence-electron chi connectivity index (χ0n) is 14.3. The van der Waals surface area contributed by atoms with Crippen molar-refractivity contribution in [2.24, 2.45) is 0 Å². The van der Waals surface area contributed by atoms with E-state index in [0.717, 1.165) is 25.9 Å². The molecule has 6 heteroatoms. The maximum atomic E-state index is 14.3. The minimum Gasteiger partial charge on any atom is -0.372 e. The van der Waals surface area contributed by atoms with Gasteiger partial charge >= 0.3 is 0 Å². The van der Waals surface area contributed by atoms with E-state index in [9.17, 15) is 9.18 Å². The fourth-order valence-electron chi connectivity index (χ4n) is 3.31. The quantitative estimate of drug-likeness (QED) is 0.848. The van der Waals surface area contributed by atoms with Gasteiger partial charge in [-0.3, -0.25) is 9.69 Å². The van der Waals surface area contributed by atoms with Crippen LogP contribution in [-0.2, 0) is 0 Å². The van der Waals surface area contributed by atoms with Gasteiger partial charge in [0.05, 0.1) is 11.6 Å². The Morgan fingerprint density at radius 2 is 2.00 bits per heavy atom. The lowest BCUT2D eigenvalue weighted by Gasteiger charge is -2.28. The molecule has 1 aliphatic heterocycles. The highest BCUT2D eigenvalue weighted by Gasteiger charge is 2.26. The molecule has 2 aromatic rings. The van der Waals surface area contributed by atoms with Crippen LogP contribution >= 0.6 is 0 Å². The molecule has 1 aliphatic rings. The fourth-order valence-corrected chi connectivity index (χ4v) is 3.31. The third-order valence-corrected chi connectivity index (χ3v) is 4.59. The van der Waals surface area contributed by atoms with Gasteiger partial charge in [0.15, 0.2) is 0 Å². The summed E-state index contributed by atoms with van der Waals surface area (Å²) in [6, 6.07) is 10.1. The van der Waals surface area contributed by atoms with Gasteiger partial charge in [-0.15, -0.1) is 0 Å². The molecule has 1 aromatic heterocycles. The lowest BCUT2D eigenvalue weighted by molar-refractivity contribution is 0.0937. The minimum atomic E-state index is -0.231. The van der Waals surface area contributed by atoms with E-state index in [-0.39, 0.29) is 17.8 Å². The third-order valence-electron chi connectivity index (χ3n) is 4.59. The van der Waals surface area contributed by atoms with Crippen LogP contribution in [0.3, 0.4) is 0 Å². The van der Waals surface area contributed by atoms with Gasteiger partial charge in [-0.2, -0.15) is 0 Å². The standard InChI is InChI=1S/C19H23FN4O/c1-21-18-15(8-6-10-22-18)19(25)23-13-17(24-11-4-5-12-24)14-7-2-3-9-16(14)20/h2-3,6-10,17H,4-5,11-13H2,1H3,(H,21,22)(H,23,25). The Balaban J connectivity index is 1.77. The highest BCUT2D eigenvalue weighted by molar-refractivity contribution is 5.98. The molecule has 1 saturated heterocycles. The Kier molecular flexibility index (Phi) is 5.60. The van der Waals surface area contributed by atoms with E-state index < -0.39 is 0 Å². The third kappa shape index (κ3) is 3.96. The molecule has 25 heavy (non-hydrogen) atoms. The summed E-state index contributed by atoms with van der Waals surface area (Å²) in [5.74, 6) is 0.0903. The fraction of sp³-hybridized carbons (Fsp3) is 0.368. The summed E-state index contributed by atoms with van der Waals surface area (Å²) in [4.78, 5) is 18.9. The molecule has 1 unspecified atom stereocenters. The number of carbonyl (C=O) groups is 1. The molecule has 1 atom stereocenters. The molecule has 0 aliphatic carbocycles. The van der Waals surface area contributed by atoms with Gasteiger partial charge < -0.3 is 10.6 Å². The molecule has 0 radical (unpaired) electrons. The number of aromatic nitrogens is 1. The first kappa shape index (κ1) is 17.4. The number of hydrogen-bond donors (Lipinski definition) is 2. The molecule has 3 rings (SSSR count). The van der Waals surface area contributed by atoms with Crippen molar-refractivity contribution < 1.29 is 9.18 Å². The average molecular weight is 342 g/mol. The molecule has 132 valence electrons. The molecule has 2 heterocycles. The van der Waals surface area contributed by atoms with Crippen molar-refractivity contribution in [2.45, 2.75) is 18.9 Å². The SMILES string of the molecule is CNc1ncccc1C(=O)NCC(c1ccccc1F)N1CCCC1. The number of pyridine rings is 1. The average Bonchev–Trinajstić information content (AvgIpc) is 3.17. The molecule has 1 amide bonds. The Morgan fingerprint density at radius 1 is 1.24 bits per heavy atom. The number of likely N-dealkylation sites (tertiary alicyclic amines) is 1. The summed E-state index contributed by atoms with van der Waals surface area (Å²) in [5, 5.41) is 5.87. The zero-order valence-corrected chi connectivity index (χ0v) is 14.3. The van der Waals surface area contributed by atoms with Crippen LogP contribution in [0.15, 0.2) is 42.6 Å². The van der Waals surface area contributed by atoms with Crippen LogP contribution in [0.25, 0.3) is 0 Å². The van der Waals surface area contributed by atoms with Crippen molar-refractivity contribution in [3.05, 3.63) is 59.5 Å². The first-order chi connectivity index (χ1) is 12.2. The highest BCUT2D eigenvalue weighted by Crippen LogP contribution is 2.26. The summed E-state index contributed by atoms with van der Waals surface area (Å²) in [6.45, 7) is 2.20. The highest BCUT2D eigenvalue weighted by atomic mass is 19.1. The Morgan fingerprint density at radius 3 is 2.72 bits per heavy atom. The van der Waals surface area contributed by atoms with Gasteiger partial charge in [-0.05, 0) is 44.1 Å². The molecule has 0 spiro atoms. The summed E-state index contributed by atoms with van der Waals surface area (Å²) in [5.41, 5.74) is 1.11. The van der Waals surface area contributed by atoms with Gasteiger partial charge in [0.2, 0.25) is 0 Å². The van der Waals surface area contributed by atoms with Gasteiger partial charge in [-0.25, -0.2) is 9.37 Å². The van der Waals surface area contributed by atoms with Crippen LogP contribution in [0.4, 0.5) is 10.2 Å². The van der Waals surface area contributed by atoms with Crippen molar-refractivity contribution >= 4 is 11.7 Å². The minimum absolute atomic E-state index is 0.164. The van der Waals surface area contributed by atoms with Crippen molar-refractivity contribution in [3.63, 3.8) is 0 Å². The Hall–Kier alpha value is -2.47. The van der Waals surface area contributed by atoms with Crippen LogP contribution in [0.2, 0.25) is 0 Å². The van der Waals surface area contributed by atoms with Crippen LogP contribution in [0.5, 0.6) is 0 Å². The first-order valence-corrected chi connectivity index (χ1v) is 8.60. The predicted octanol–water partition coefficient (Wildman–Crippen LogP) is 2.83. The van der Waals surface area contributed by atoms with Crippen molar-refractivity contribution in [1.82, 2.24) is 15.2 Å². The second kappa shape index (κ2) is 8.07. The summed E-state index contributed by atoms with van der Waals surface area (Å²) in [7, 11) is 1.73. The lowest BCUT2D eigenvalue weighted by Crippen LogP contribution is -2.37. The van der Waals surface area contributed by atoms with Crippen LogP contribution in [-0.4, -0.2) is 42.5 Å². The summed E-state index contributed by atoms with van der Waals surface area (Å²) in [6.07, 6.45) is 3.84. The van der Waals surface area contributed by atoms with E-state index in [4.69, 9.17) is 0 Å². The number of rotatable bonds is 6. The van der Waals surface area contributed by atoms with Crippen molar-refractivity contribution in [2.75, 3.05) is 32.0 Å². The monoisotopic (exact) mass is 342 g/mol. The predicted molar refractivity (Wildman–Crippen MR) is 96.1 cm³/mol. The van der Waals surface area contributed by atoms with E-state index in [1.165, 1.54) is 6.07 Å². The van der Waals surface area contributed by atoms with Crippen molar-refractivity contribution in [1.29, 1.82) is 0 Å². The molecule has 0 bridgehead atoms. The van der Waals surface area contributed by atoms with E-state index in [1.807, 2.05) is 6.07 Å². The Bertz CT molecular complexity index is 731. The largest absolute Gasteiger partial charge is 0.372 e. The second-order valence-electron chi connectivity index (χ2n) is 6.14. The van der Waals surface area contributed by atoms with Crippen molar-refractivity contribution in [3.8, 4) is 0 Å². The van der Waals surface area contributed by atoms with E-state index in [2.05, 4.69) is 20.5 Å².